The topological polar surface area (TPSA) is 26.0 Å². The molecule has 1 atom stereocenters. The molecule has 70 valence electrons. The maximum atomic E-state index is 13.1. The van der Waals surface area contributed by atoms with Gasteiger partial charge < -0.3 is 5.73 Å². The van der Waals surface area contributed by atoms with E-state index in [1.54, 1.807) is 0 Å². The molecule has 0 bridgehead atoms. The fourth-order valence-electron chi connectivity index (χ4n) is 1.16. The Labute approximate surface area is 75.9 Å². The summed E-state index contributed by atoms with van der Waals surface area (Å²) in [7, 11) is 0. The fourth-order valence-corrected chi connectivity index (χ4v) is 1.16. The summed E-state index contributed by atoms with van der Waals surface area (Å²) < 4.78 is 26.1. The Morgan fingerprint density at radius 2 is 1.92 bits per heavy atom. The smallest absolute Gasteiger partial charge is 0.130 e. The van der Waals surface area contributed by atoms with E-state index in [1.165, 1.54) is 24.3 Å². The molecule has 1 rings (SSSR count). The van der Waals surface area contributed by atoms with Crippen LogP contribution in [0.4, 0.5) is 8.78 Å². The van der Waals surface area contributed by atoms with E-state index in [-0.39, 0.29) is 5.56 Å². The molecular weight excluding hydrogens is 172 g/mol. The first-order chi connectivity index (χ1) is 6.16. The molecule has 1 aromatic carbocycles. The third-order valence-corrected chi connectivity index (χ3v) is 1.79. The molecule has 0 unspecified atom stereocenters. The summed E-state index contributed by atoms with van der Waals surface area (Å²) in [5.74, 6) is -1.20. The molecule has 0 aliphatic rings. The van der Waals surface area contributed by atoms with Crippen LogP contribution in [0.15, 0.2) is 30.9 Å². The Hall–Kier alpha value is -1.22. The maximum Gasteiger partial charge on any atom is 0.130 e. The molecule has 0 fully saturated rings. The first-order valence-corrected chi connectivity index (χ1v) is 3.97. The van der Waals surface area contributed by atoms with Gasteiger partial charge in [-0.25, -0.2) is 8.78 Å². The fraction of sp³-hybridized carbons (Fsp3) is 0.200. The molecule has 0 saturated heterocycles. The summed E-state index contributed by atoms with van der Waals surface area (Å²) in [5.41, 5.74) is 5.49. The minimum Gasteiger partial charge on any atom is -0.324 e. The summed E-state index contributed by atoms with van der Waals surface area (Å²) in [4.78, 5) is 0. The summed E-state index contributed by atoms with van der Waals surface area (Å²) >= 11 is 0. The van der Waals surface area contributed by atoms with E-state index >= 15 is 0 Å². The van der Waals surface area contributed by atoms with Gasteiger partial charge in [-0.3, -0.25) is 0 Å². The van der Waals surface area contributed by atoms with Crippen molar-refractivity contribution in [3.8, 4) is 0 Å². The van der Waals surface area contributed by atoms with Crippen LogP contribution in [0.3, 0.4) is 0 Å². The lowest BCUT2D eigenvalue weighted by Crippen LogP contribution is -2.13. The van der Waals surface area contributed by atoms with Gasteiger partial charge in [0.25, 0.3) is 0 Å². The molecule has 0 spiro atoms. The van der Waals surface area contributed by atoms with Crippen molar-refractivity contribution in [1.82, 2.24) is 0 Å². The van der Waals surface area contributed by atoms with Gasteiger partial charge in [-0.15, -0.1) is 6.58 Å². The number of hydrogen-bond donors (Lipinski definition) is 1. The van der Waals surface area contributed by atoms with Gasteiger partial charge in [0.15, 0.2) is 0 Å². The van der Waals surface area contributed by atoms with Crippen LogP contribution in [0.1, 0.15) is 18.0 Å². The van der Waals surface area contributed by atoms with E-state index < -0.39 is 17.7 Å². The highest BCUT2D eigenvalue weighted by atomic mass is 19.1. The summed E-state index contributed by atoms with van der Waals surface area (Å²) in [5, 5.41) is 0. The number of rotatable bonds is 3. The van der Waals surface area contributed by atoms with Crippen LogP contribution in [0.25, 0.3) is 0 Å². The Kier molecular flexibility index (Phi) is 3.14. The Morgan fingerprint density at radius 1 is 1.38 bits per heavy atom. The molecule has 0 aliphatic heterocycles. The molecule has 0 amide bonds. The highest BCUT2D eigenvalue weighted by molar-refractivity contribution is 5.23. The molecule has 0 heterocycles. The van der Waals surface area contributed by atoms with Crippen molar-refractivity contribution in [3.63, 3.8) is 0 Å². The average molecular weight is 183 g/mol. The van der Waals surface area contributed by atoms with Crippen molar-refractivity contribution in [2.24, 2.45) is 5.73 Å². The highest BCUT2D eigenvalue weighted by Crippen LogP contribution is 2.21. The van der Waals surface area contributed by atoms with Crippen molar-refractivity contribution in [2.75, 3.05) is 0 Å². The highest BCUT2D eigenvalue weighted by Gasteiger charge is 2.14. The third kappa shape index (κ3) is 2.12. The summed E-state index contributed by atoms with van der Waals surface area (Å²) in [6, 6.07) is 3.05. The van der Waals surface area contributed by atoms with Gasteiger partial charge in [-0.2, -0.15) is 0 Å². The predicted molar refractivity (Wildman–Crippen MR) is 48.1 cm³/mol. The zero-order chi connectivity index (χ0) is 9.84. The molecule has 13 heavy (non-hydrogen) atoms. The van der Waals surface area contributed by atoms with Crippen LogP contribution < -0.4 is 5.73 Å². The van der Waals surface area contributed by atoms with E-state index in [4.69, 9.17) is 5.73 Å². The van der Waals surface area contributed by atoms with Crippen molar-refractivity contribution < 1.29 is 8.78 Å². The number of nitrogens with two attached hydrogens (primary N) is 1. The van der Waals surface area contributed by atoms with Crippen LogP contribution in [0, 0.1) is 11.6 Å². The van der Waals surface area contributed by atoms with Crippen molar-refractivity contribution in [1.29, 1.82) is 0 Å². The van der Waals surface area contributed by atoms with Gasteiger partial charge in [0.05, 0.1) is 0 Å². The average Bonchev–Trinajstić information content (AvgIpc) is 2.04. The van der Waals surface area contributed by atoms with E-state index in [0.29, 0.717) is 6.42 Å². The molecule has 2 N–H and O–H groups in total. The van der Waals surface area contributed by atoms with Crippen LogP contribution in [-0.2, 0) is 0 Å². The van der Waals surface area contributed by atoms with Crippen LogP contribution in [0.2, 0.25) is 0 Å². The first kappa shape index (κ1) is 9.86. The Bertz CT molecular complexity index is 290. The molecule has 0 aromatic heterocycles. The Balaban J connectivity index is 3.04. The van der Waals surface area contributed by atoms with Gasteiger partial charge in [-0.05, 0) is 18.6 Å². The second-order valence-electron chi connectivity index (χ2n) is 2.77. The molecule has 1 nitrogen and oxygen atoms in total. The lowest BCUT2D eigenvalue weighted by Gasteiger charge is -2.11. The van der Waals surface area contributed by atoms with E-state index in [9.17, 15) is 8.78 Å². The molecule has 3 heteroatoms. The first-order valence-electron chi connectivity index (χ1n) is 3.97. The van der Waals surface area contributed by atoms with Gasteiger partial charge >= 0.3 is 0 Å². The van der Waals surface area contributed by atoms with Crippen LogP contribution >= 0.6 is 0 Å². The monoisotopic (exact) mass is 183 g/mol. The largest absolute Gasteiger partial charge is 0.324 e. The minimum absolute atomic E-state index is 0.0672. The van der Waals surface area contributed by atoms with Gasteiger partial charge in [0, 0.05) is 11.6 Å². The third-order valence-electron chi connectivity index (χ3n) is 1.79. The number of halogens is 2. The van der Waals surface area contributed by atoms with Crippen molar-refractivity contribution >= 4 is 0 Å². The van der Waals surface area contributed by atoms with Gasteiger partial charge in [0.1, 0.15) is 11.6 Å². The minimum atomic E-state index is -0.654. The van der Waals surface area contributed by atoms with Gasteiger partial charge in [0.2, 0.25) is 0 Å². The van der Waals surface area contributed by atoms with E-state index in [2.05, 4.69) is 6.58 Å². The summed E-state index contributed by atoms with van der Waals surface area (Å²) in [6.45, 7) is 3.46. The van der Waals surface area contributed by atoms with Crippen molar-refractivity contribution in [2.45, 2.75) is 12.5 Å². The van der Waals surface area contributed by atoms with E-state index in [1.807, 2.05) is 0 Å². The Morgan fingerprint density at radius 3 is 2.38 bits per heavy atom. The molecule has 0 radical (unpaired) electrons. The molecule has 0 aliphatic carbocycles. The SMILES string of the molecule is C=CC[C@@H](N)c1c(F)cccc1F. The normalized spacial score (nSPS) is 12.5. The standard InChI is InChI=1S/C10H11F2N/c1-2-4-9(13)10-7(11)5-3-6-8(10)12/h2-3,5-6,9H,1,4,13H2/t9-/m1/s1. The van der Waals surface area contributed by atoms with Gasteiger partial charge in [-0.1, -0.05) is 12.1 Å². The molecular formula is C10H11F2N. The lowest BCUT2D eigenvalue weighted by atomic mass is 10.0. The van der Waals surface area contributed by atoms with E-state index in [0.717, 1.165) is 0 Å². The number of benzene rings is 1. The quantitative estimate of drug-likeness (QED) is 0.716. The zero-order valence-corrected chi connectivity index (χ0v) is 7.13. The zero-order valence-electron chi connectivity index (χ0n) is 7.13. The second kappa shape index (κ2) is 4.14. The molecule has 0 saturated carbocycles. The summed E-state index contributed by atoms with van der Waals surface area (Å²) in [6.07, 6.45) is 1.90. The second-order valence-corrected chi connectivity index (χ2v) is 2.77. The lowest BCUT2D eigenvalue weighted by molar-refractivity contribution is 0.527. The molecule has 1 aromatic rings. The number of hydrogen-bond acceptors (Lipinski definition) is 1. The predicted octanol–water partition coefficient (Wildman–Crippen LogP) is 2.54. The van der Waals surface area contributed by atoms with Crippen LogP contribution in [0.5, 0.6) is 0 Å². The van der Waals surface area contributed by atoms with Crippen molar-refractivity contribution in [3.05, 3.63) is 48.1 Å². The van der Waals surface area contributed by atoms with Crippen LogP contribution in [-0.4, -0.2) is 0 Å². The maximum absolute atomic E-state index is 13.1.